The van der Waals surface area contributed by atoms with Gasteiger partial charge in [0.25, 0.3) is 0 Å². The standard InChI is InChI=1S/C13H17Cl2NO/c1-3-12(16-13(17)9(2)8-14)10-5-4-6-11(15)7-10/h4-7,9,12H,3,8H2,1-2H3,(H,16,17). The largest absolute Gasteiger partial charge is 0.349 e. The Morgan fingerprint density at radius 3 is 2.71 bits per heavy atom. The second-order valence-electron chi connectivity index (χ2n) is 4.08. The molecule has 4 heteroatoms. The van der Waals surface area contributed by atoms with Crippen LogP contribution in [0.5, 0.6) is 0 Å². The van der Waals surface area contributed by atoms with Crippen LogP contribution >= 0.6 is 23.2 Å². The lowest BCUT2D eigenvalue weighted by Crippen LogP contribution is -2.33. The van der Waals surface area contributed by atoms with Gasteiger partial charge in [0.05, 0.1) is 6.04 Å². The molecule has 0 saturated heterocycles. The van der Waals surface area contributed by atoms with Gasteiger partial charge in [-0.15, -0.1) is 11.6 Å². The van der Waals surface area contributed by atoms with Crippen LogP contribution in [0.2, 0.25) is 5.02 Å². The van der Waals surface area contributed by atoms with Crippen LogP contribution in [-0.2, 0) is 4.79 Å². The fraction of sp³-hybridized carbons (Fsp3) is 0.462. The van der Waals surface area contributed by atoms with E-state index in [1.54, 1.807) is 0 Å². The van der Waals surface area contributed by atoms with Crippen LogP contribution in [0.4, 0.5) is 0 Å². The molecule has 2 nitrogen and oxygen atoms in total. The number of nitrogens with one attached hydrogen (secondary N) is 1. The zero-order chi connectivity index (χ0) is 12.8. The smallest absolute Gasteiger partial charge is 0.224 e. The summed E-state index contributed by atoms with van der Waals surface area (Å²) in [6, 6.07) is 7.54. The average Bonchev–Trinajstić information content (AvgIpc) is 2.34. The van der Waals surface area contributed by atoms with Crippen LogP contribution < -0.4 is 5.32 Å². The highest BCUT2D eigenvalue weighted by atomic mass is 35.5. The fourth-order valence-electron chi connectivity index (χ4n) is 1.53. The monoisotopic (exact) mass is 273 g/mol. The van der Waals surface area contributed by atoms with E-state index in [-0.39, 0.29) is 17.9 Å². The molecule has 0 saturated carbocycles. The lowest BCUT2D eigenvalue weighted by atomic mass is 10.0. The summed E-state index contributed by atoms with van der Waals surface area (Å²) in [5.41, 5.74) is 1.02. The quantitative estimate of drug-likeness (QED) is 0.813. The zero-order valence-electron chi connectivity index (χ0n) is 10.0. The third-order valence-corrected chi connectivity index (χ3v) is 3.35. The normalized spacial score (nSPS) is 14.1. The molecule has 0 aliphatic heterocycles. The van der Waals surface area contributed by atoms with Crippen molar-refractivity contribution in [3.8, 4) is 0 Å². The Morgan fingerprint density at radius 2 is 2.18 bits per heavy atom. The fourth-order valence-corrected chi connectivity index (χ4v) is 1.87. The van der Waals surface area contributed by atoms with Gasteiger partial charge in [0, 0.05) is 16.8 Å². The van der Waals surface area contributed by atoms with Crippen LogP contribution in [0.1, 0.15) is 31.9 Å². The summed E-state index contributed by atoms with van der Waals surface area (Å²) in [5, 5.41) is 3.66. The van der Waals surface area contributed by atoms with Gasteiger partial charge in [0.15, 0.2) is 0 Å². The highest BCUT2D eigenvalue weighted by Gasteiger charge is 2.17. The predicted octanol–water partition coefficient (Wildman–Crippen LogP) is 3.78. The third kappa shape index (κ3) is 4.21. The van der Waals surface area contributed by atoms with Crippen molar-refractivity contribution in [2.24, 2.45) is 5.92 Å². The molecule has 1 amide bonds. The van der Waals surface area contributed by atoms with Gasteiger partial charge in [-0.05, 0) is 24.1 Å². The Balaban J connectivity index is 2.75. The molecule has 0 aromatic heterocycles. The lowest BCUT2D eigenvalue weighted by Gasteiger charge is -2.19. The first kappa shape index (κ1) is 14.3. The second-order valence-corrected chi connectivity index (χ2v) is 4.82. The molecule has 94 valence electrons. The zero-order valence-corrected chi connectivity index (χ0v) is 11.6. The average molecular weight is 274 g/mol. The molecule has 0 aliphatic rings. The van der Waals surface area contributed by atoms with Crippen LogP contribution in [0.15, 0.2) is 24.3 Å². The Hall–Kier alpha value is -0.730. The lowest BCUT2D eigenvalue weighted by molar-refractivity contribution is -0.124. The Bertz CT molecular complexity index is 381. The number of carbonyl (C=O) groups is 1. The molecular formula is C13H17Cl2NO. The van der Waals surface area contributed by atoms with Gasteiger partial charge in [-0.25, -0.2) is 0 Å². The van der Waals surface area contributed by atoms with E-state index in [0.717, 1.165) is 12.0 Å². The summed E-state index contributed by atoms with van der Waals surface area (Å²) in [7, 11) is 0. The second kappa shape index (κ2) is 6.87. The maximum absolute atomic E-state index is 11.8. The van der Waals surface area contributed by atoms with Gasteiger partial charge >= 0.3 is 0 Å². The minimum atomic E-state index is -0.176. The van der Waals surface area contributed by atoms with E-state index in [4.69, 9.17) is 23.2 Å². The maximum Gasteiger partial charge on any atom is 0.224 e. The van der Waals surface area contributed by atoms with Crippen LogP contribution in [-0.4, -0.2) is 11.8 Å². The Kier molecular flexibility index (Phi) is 5.79. The number of halogens is 2. The molecule has 0 spiro atoms. The molecule has 1 aromatic rings. The molecule has 1 rings (SSSR count). The number of hydrogen-bond acceptors (Lipinski definition) is 1. The van der Waals surface area contributed by atoms with Crippen LogP contribution in [0.25, 0.3) is 0 Å². The summed E-state index contributed by atoms with van der Waals surface area (Å²) in [4.78, 5) is 11.8. The minimum absolute atomic E-state index is 0.00753. The molecule has 0 fully saturated rings. The van der Waals surface area contributed by atoms with E-state index in [9.17, 15) is 4.79 Å². The van der Waals surface area contributed by atoms with E-state index >= 15 is 0 Å². The number of amides is 1. The van der Waals surface area contributed by atoms with Gasteiger partial charge in [-0.1, -0.05) is 37.6 Å². The summed E-state index contributed by atoms with van der Waals surface area (Å²) >= 11 is 11.6. The van der Waals surface area contributed by atoms with Crippen LogP contribution in [0, 0.1) is 5.92 Å². The molecule has 2 unspecified atom stereocenters. The molecule has 0 heterocycles. The van der Waals surface area contributed by atoms with Gasteiger partial charge in [-0.3, -0.25) is 4.79 Å². The van der Waals surface area contributed by atoms with Crippen molar-refractivity contribution < 1.29 is 4.79 Å². The van der Waals surface area contributed by atoms with Gasteiger partial charge in [0.2, 0.25) is 5.91 Å². The number of alkyl halides is 1. The third-order valence-electron chi connectivity index (χ3n) is 2.65. The summed E-state index contributed by atoms with van der Waals surface area (Å²) < 4.78 is 0. The van der Waals surface area contributed by atoms with Crippen molar-refractivity contribution in [2.45, 2.75) is 26.3 Å². The summed E-state index contributed by atoms with van der Waals surface area (Å²) in [6.07, 6.45) is 0.821. The molecule has 0 bridgehead atoms. The molecule has 1 aromatic carbocycles. The highest BCUT2D eigenvalue weighted by molar-refractivity contribution is 6.30. The van der Waals surface area contributed by atoms with Crippen molar-refractivity contribution in [1.29, 1.82) is 0 Å². The highest BCUT2D eigenvalue weighted by Crippen LogP contribution is 2.20. The number of hydrogen-bond donors (Lipinski definition) is 1. The first-order valence-corrected chi connectivity index (χ1v) is 6.61. The maximum atomic E-state index is 11.8. The van der Waals surface area contributed by atoms with E-state index in [1.165, 1.54) is 0 Å². The first-order valence-electron chi connectivity index (χ1n) is 5.70. The number of benzene rings is 1. The summed E-state index contributed by atoms with van der Waals surface area (Å²) in [5.74, 6) is 0.134. The van der Waals surface area contributed by atoms with Crippen molar-refractivity contribution in [3.05, 3.63) is 34.9 Å². The van der Waals surface area contributed by atoms with Crippen molar-refractivity contribution in [1.82, 2.24) is 5.32 Å². The Morgan fingerprint density at radius 1 is 1.47 bits per heavy atom. The van der Waals surface area contributed by atoms with Gasteiger partial charge in [0.1, 0.15) is 0 Å². The number of carbonyl (C=O) groups excluding carboxylic acids is 1. The van der Waals surface area contributed by atoms with E-state index < -0.39 is 0 Å². The van der Waals surface area contributed by atoms with Crippen molar-refractivity contribution in [2.75, 3.05) is 5.88 Å². The van der Waals surface area contributed by atoms with Gasteiger partial charge < -0.3 is 5.32 Å². The predicted molar refractivity (Wildman–Crippen MR) is 72.5 cm³/mol. The Labute approximate surface area is 112 Å². The van der Waals surface area contributed by atoms with Crippen molar-refractivity contribution in [3.63, 3.8) is 0 Å². The minimum Gasteiger partial charge on any atom is -0.349 e. The molecule has 0 radical (unpaired) electrons. The van der Waals surface area contributed by atoms with E-state index in [1.807, 2.05) is 38.1 Å². The molecule has 17 heavy (non-hydrogen) atoms. The molecular weight excluding hydrogens is 257 g/mol. The SMILES string of the molecule is CCC(NC(=O)C(C)CCl)c1cccc(Cl)c1. The number of rotatable bonds is 5. The molecule has 0 aliphatic carbocycles. The van der Waals surface area contributed by atoms with E-state index in [2.05, 4.69) is 5.32 Å². The molecule has 1 N–H and O–H groups in total. The van der Waals surface area contributed by atoms with Gasteiger partial charge in [-0.2, -0.15) is 0 Å². The van der Waals surface area contributed by atoms with E-state index in [0.29, 0.717) is 10.9 Å². The van der Waals surface area contributed by atoms with Crippen LogP contribution in [0.3, 0.4) is 0 Å². The topological polar surface area (TPSA) is 29.1 Å². The van der Waals surface area contributed by atoms with Crippen molar-refractivity contribution >= 4 is 29.1 Å². The first-order chi connectivity index (χ1) is 8.08. The summed E-state index contributed by atoms with van der Waals surface area (Å²) in [6.45, 7) is 3.84. The molecule has 2 atom stereocenters.